The maximum atomic E-state index is 12.1. The second kappa shape index (κ2) is 7.94. The Bertz CT molecular complexity index is 836. The van der Waals surface area contributed by atoms with Crippen molar-refractivity contribution in [2.75, 3.05) is 6.54 Å². The van der Waals surface area contributed by atoms with Crippen molar-refractivity contribution < 1.29 is 19.4 Å². The number of carbonyl (C=O) groups excluding carboxylic acids is 1. The monoisotopic (exact) mass is 376 g/mol. The molecular weight excluding hydrogens is 348 g/mol. The molecule has 2 aromatic rings. The molecule has 0 fully saturated rings. The van der Waals surface area contributed by atoms with Crippen LogP contribution < -0.4 is 5.32 Å². The van der Waals surface area contributed by atoms with Crippen LogP contribution in [0.4, 0.5) is 4.79 Å². The number of carboxylic acids is 1. The Balaban J connectivity index is 2.41. The lowest BCUT2D eigenvalue weighted by Crippen LogP contribution is -2.36. The molecule has 2 rings (SSSR count). The molecule has 0 unspecified atom stereocenters. The Hall–Kier alpha value is -2.64. The number of ether oxygens (including phenoxy) is 1. The van der Waals surface area contributed by atoms with Crippen molar-refractivity contribution in [3.05, 3.63) is 23.8 Å². The number of carbonyl (C=O) groups is 2. The number of carboxylic acid groups (broad SMARTS) is 1. The first-order valence-corrected chi connectivity index (χ1v) is 9.02. The molecule has 27 heavy (non-hydrogen) atoms. The third kappa shape index (κ3) is 5.42. The van der Waals surface area contributed by atoms with Crippen LogP contribution in [0.3, 0.4) is 0 Å². The summed E-state index contributed by atoms with van der Waals surface area (Å²) < 4.78 is 6.98. The van der Waals surface area contributed by atoms with Crippen molar-refractivity contribution in [1.82, 2.24) is 19.9 Å². The van der Waals surface area contributed by atoms with Gasteiger partial charge in [-0.25, -0.2) is 19.6 Å². The summed E-state index contributed by atoms with van der Waals surface area (Å²) in [4.78, 5) is 32.5. The normalized spacial score (nSPS) is 13.0. The first-order chi connectivity index (χ1) is 12.5. The molecule has 0 bridgehead atoms. The molecule has 0 aliphatic rings. The fourth-order valence-corrected chi connectivity index (χ4v) is 2.97. The van der Waals surface area contributed by atoms with E-state index in [0.717, 1.165) is 0 Å². The molecule has 0 aromatic carbocycles. The number of aromatic nitrogens is 3. The van der Waals surface area contributed by atoms with Crippen molar-refractivity contribution >= 4 is 23.1 Å². The number of alkyl carbamates (subject to hydrolysis) is 1. The van der Waals surface area contributed by atoms with Gasteiger partial charge in [0.1, 0.15) is 22.8 Å². The predicted octanol–water partition coefficient (Wildman–Crippen LogP) is 3.55. The summed E-state index contributed by atoms with van der Waals surface area (Å²) in [5.74, 6) is -0.198. The van der Waals surface area contributed by atoms with Crippen molar-refractivity contribution in [3.8, 4) is 0 Å². The van der Waals surface area contributed by atoms with Crippen LogP contribution in [0.2, 0.25) is 0 Å². The van der Waals surface area contributed by atoms with E-state index in [9.17, 15) is 14.7 Å². The van der Waals surface area contributed by atoms with Crippen molar-refractivity contribution in [2.24, 2.45) is 5.92 Å². The number of hydrogen-bond acceptors (Lipinski definition) is 5. The second-order valence-electron chi connectivity index (χ2n) is 8.07. The summed E-state index contributed by atoms with van der Waals surface area (Å²) in [6, 6.07) is 1.29. The number of fused-ring (bicyclic) bond motifs is 1. The lowest BCUT2D eigenvalue weighted by atomic mass is 10.0. The van der Waals surface area contributed by atoms with E-state index in [1.54, 1.807) is 44.5 Å². The molecule has 2 aromatic heterocycles. The van der Waals surface area contributed by atoms with Gasteiger partial charge in [-0.15, -0.1) is 0 Å². The van der Waals surface area contributed by atoms with Crippen LogP contribution in [-0.2, 0) is 4.74 Å². The van der Waals surface area contributed by atoms with Gasteiger partial charge in [-0.3, -0.25) is 0 Å². The van der Waals surface area contributed by atoms with Crippen LogP contribution in [0.25, 0.3) is 11.0 Å². The van der Waals surface area contributed by atoms with Crippen LogP contribution >= 0.6 is 0 Å². The van der Waals surface area contributed by atoms with Gasteiger partial charge in [0.05, 0.1) is 6.04 Å². The van der Waals surface area contributed by atoms with Gasteiger partial charge in [0.15, 0.2) is 0 Å². The average Bonchev–Trinajstić information content (AvgIpc) is 2.88. The van der Waals surface area contributed by atoms with E-state index in [4.69, 9.17) is 4.74 Å². The molecule has 1 atom stereocenters. The van der Waals surface area contributed by atoms with Gasteiger partial charge in [0.2, 0.25) is 0 Å². The van der Waals surface area contributed by atoms with E-state index in [1.165, 1.54) is 0 Å². The zero-order chi connectivity index (χ0) is 20.4. The van der Waals surface area contributed by atoms with Crippen LogP contribution in [0.5, 0.6) is 0 Å². The molecule has 1 amide bonds. The maximum absolute atomic E-state index is 12.1. The molecule has 0 saturated heterocycles. The highest BCUT2D eigenvalue weighted by molar-refractivity contribution is 5.93. The van der Waals surface area contributed by atoms with Gasteiger partial charge in [0, 0.05) is 18.1 Å². The number of rotatable bonds is 6. The number of hydrogen-bond donors (Lipinski definition) is 2. The van der Waals surface area contributed by atoms with Gasteiger partial charge >= 0.3 is 12.1 Å². The molecule has 2 N–H and O–H groups in total. The standard InChI is InChI=1S/C19H28N4O4/c1-11(2)7-14(10-21-18(26)27-19(4,5)6)23-15(17(24)25)8-13-9-20-12(3)22-16(13)23/h8-9,11,14H,7,10H2,1-6H3,(H,21,26)(H,24,25)/t14-/m0/s1. The lowest BCUT2D eigenvalue weighted by molar-refractivity contribution is 0.0518. The molecule has 0 aliphatic carbocycles. The summed E-state index contributed by atoms with van der Waals surface area (Å²) in [6.07, 6.45) is 1.76. The summed E-state index contributed by atoms with van der Waals surface area (Å²) >= 11 is 0. The van der Waals surface area contributed by atoms with E-state index in [-0.39, 0.29) is 24.2 Å². The highest BCUT2D eigenvalue weighted by atomic mass is 16.6. The zero-order valence-corrected chi connectivity index (χ0v) is 16.7. The van der Waals surface area contributed by atoms with Crippen LogP contribution in [-0.4, -0.2) is 43.8 Å². The van der Waals surface area contributed by atoms with Crippen molar-refractivity contribution in [3.63, 3.8) is 0 Å². The Morgan fingerprint density at radius 1 is 1.33 bits per heavy atom. The highest BCUT2D eigenvalue weighted by Gasteiger charge is 2.25. The van der Waals surface area contributed by atoms with Crippen molar-refractivity contribution in [2.45, 2.75) is 59.6 Å². The van der Waals surface area contributed by atoms with Gasteiger partial charge in [-0.05, 0) is 46.1 Å². The quantitative estimate of drug-likeness (QED) is 0.798. The summed E-state index contributed by atoms with van der Waals surface area (Å²) in [5, 5.41) is 13.1. The fraction of sp³-hybridized carbons (Fsp3) is 0.579. The zero-order valence-electron chi connectivity index (χ0n) is 16.7. The molecule has 0 radical (unpaired) electrons. The van der Waals surface area contributed by atoms with Crippen LogP contribution in [0, 0.1) is 12.8 Å². The molecule has 8 nitrogen and oxygen atoms in total. The molecule has 2 heterocycles. The van der Waals surface area contributed by atoms with E-state index < -0.39 is 17.7 Å². The number of aryl methyl sites for hydroxylation is 1. The highest BCUT2D eigenvalue weighted by Crippen LogP contribution is 2.27. The second-order valence-corrected chi connectivity index (χ2v) is 8.07. The molecular formula is C19H28N4O4. The average molecular weight is 376 g/mol. The number of amides is 1. The SMILES string of the molecule is Cc1ncc2cc(C(=O)O)n([C@H](CNC(=O)OC(C)(C)C)CC(C)C)c2n1. The van der Waals surface area contributed by atoms with Gasteiger partial charge in [0.25, 0.3) is 0 Å². The summed E-state index contributed by atoms with van der Waals surface area (Å²) in [5.41, 5.74) is 0.0759. The molecule has 8 heteroatoms. The predicted molar refractivity (Wildman–Crippen MR) is 102 cm³/mol. The summed E-state index contributed by atoms with van der Waals surface area (Å²) in [7, 11) is 0. The van der Waals surface area contributed by atoms with Gasteiger partial charge < -0.3 is 19.7 Å². The van der Waals surface area contributed by atoms with Crippen molar-refractivity contribution in [1.29, 1.82) is 0 Å². The Labute approximate surface area is 158 Å². The van der Waals surface area contributed by atoms with Gasteiger partial charge in [-0.2, -0.15) is 0 Å². The summed E-state index contributed by atoms with van der Waals surface area (Å²) in [6.45, 7) is 11.5. The fourth-order valence-electron chi connectivity index (χ4n) is 2.97. The third-order valence-electron chi connectivity index (χ3n) is 3.90. The first-order valence-electron chi connectivity index (χ1n) is 9.02. The molecule has 0 saturated carbocycles. The minimum Gasteiger partial charge on any atom is -0.477 e. The minimum atomic E-state index is -1.04. The smallest absolute Gasteiger partial charge is 0.407 e. The molecule has 0 spiro atoms. The Kier molecular flexibility index (Phi) is 6.08. The third-order valence-corrected chi connectivity index (χ3v) is 3.90. The van der Waals surface area contributed by atoms with Crippen LogP contribution in [0.15, 0.2) is 12.3 Å². The van der Waals surface area contributed by atoms with E-state index in [0.29, 0.717) is 23.3 Å². The lowest BCUT2D eigenvalue weighted by Gasteiger charge is -2.25. The minimum absolute atomic E-state index is 0.126. The Morgan fingerprint density at radius 3 is 2.56 bits per heavy atom. The topological polar surface area (TPSA) is 106 Å². The molecule has 0 aliphatic heterocycles. The van der Waals surface area contributed by atoms with E-state index in [1.807, 2.05) is 13.8 Å². The molecule has 148 valence electrons. The number of aromatic carboxylic acids is 1. The largest absolute Gasteiger partial charge is 0.477 e. The number of nitrogens with zero attached hydrogens (tertiary/aromatic N) is 3. The number of nitrogens with one attached hydrogen (secondary N) is 1. The van der Waals surface area contributed by atoms with Crippen LogP contribution in [0.1, 0.15) is 63.4 Å². The first kappa shape index (κ1) is 20.7. The van der Waals surface area contributed by atoms with E-state index >= 15 is 0 Å². The Morgan fingerprint density at radius 2 is 2.00 bits per heavy atom. The van der Waals surface area contributed by atoms with Gasteiger partial charge in [-0.1, -0.05) is 13.8 Å². The van der Waals surface area contributed by atoms with E-state index in [2.05, 4.69) is 15.3 Å². The maximum Gasteiger partial charge on any atom is 0.407 e.